The highest BCUT2D eigenvalue weighted by Gasteiger charge is 2.39. The molecule has 10 nitrogen and oxygen atoms in total. The van der Waals surface area contributed by atoms with Crippen LogP contribution >= 0.6 is 0 Å². The maximum absolute atomic E-state index is 15.2. The van der Waals surface area contributed by atoms with Crippen LogP contribution in [-0.2, 0) is 46.0 Å². The highest BCUT2D eigenvalue weighted by molar-refractivity contribution is 5.89. The zero-order chi connectivity index (χ0) is 47.0. The third-order valence-electron chi connectivity index (χ3n) is 12.0. The lowest BCUT2D eigenvalue weighted by Gasteiger charge is -2.37. The van der Waals surface area contributed by atoms with Gasteiger partial charge in [-0.3, -0.25) is 9.59 Å². The van der Waals surface area contributed by atoms with Gasteiger partial charge in [-0.05, 0) is 57.0 Å². The number of carbonyl (C=O) groups excluding carboxylic acids is 3. The molecule has 0 unspecified atom stereocenters. The van der Waals surface area contributed by atoms with Crippen molar-refractivity contribution < 1.29 is 23.9 Å². The average molecular weight is 902 g/mol. The normalized spacial score (nSPS) is 12.0. The first kappa shape index (κ1) is 46.3. The minimum atomic E-state index is -1.18. The van der Waals surface area contributed by atoms with Crippen molar-refractivity contribution in [1.82, 2.24) is 25.1 Å². The zero-order valence-electron chi connectivity index (χ0n) is 38.1. The number of alkyl carbamates (subject to hydrolysis) is 1. The second-order valence-electron chi connectivity index (χ2n) is 16.8. The molecule has 0 saturated heterocycles. The number of carbonyl (C=O) groups is 3. The van der Waals surface area contributed by atoms with Gasteiger partial charge in [-0.25, -0.2) is 9.78 Å². The summed E-state index contributed by atoms with van der Waals surface area (Å²) in [6, 6.07) is 66.2. The molecule has 342 valence electrons. The molecule has 0 aliphatic heterocycles. The number of ether oxygens (including phenoxy) is 2. The van der Waals surface area contributed by atoms with Crippen molar-refractivity contribution in [2.75, 3.05) is 13.1 Å². The number of nitrogens with one attached hydrogen (secondary N) is 2. The van der Waals surface area contributed by atoms with Gasteiger partial charge in [-0.2, -0.15) is 0 Å². The standard InChI is InChI=1S/C58H55N5O5/c1-44(48-24-12-4-13-25-48)37-59-55(64)40-62(38-45-32-34-53(35-33-45)67-41-46-20-8-2-9-21-46)56(65)54(61-57(66)68-42-47-22-10-3-11-23-47)36-52-39-63(43-60-52)58(49-26-14-5-15-27-49,50-28-16-6-17-29-50)51-30-18-7-19-31-51/h2-35,39,43-44,54H,36-38,40-42H2,1H3,(H,59,64)(H,61,66)/t44-,54-/m0/s1. The van der Waals surface area contributed by atoms with Crippen LogP contribution in [0, 0.1) is 0 Å². The van der Waals surface area contributed by atoms with Gasteiger partial charge in [0.25, 0.3) is 0 Å². The fraction of sp³-hybridized carbons (Fsp3) is 0.172. The topological polar surface area (TPSA) is 115 Å². The van der Waals surface area contributed by atoms with Gasteiger partial charge in [-0.1, -0.05) is 201 Å². The molecule has 8 aromatic rings. The molecule has 10 heteroatoms. The van der Waals surface area contributed by atoms with Crippen molar-refractivity contribution in [2.45, 2.75) is 50.6 Å². The van der Waals surface area contributed by atoms with E-state index in [9.17, 15) is 9.59 Å². The van der Waals surface area contributed by atoms with Crippen molar-refractivity contribution >= 4 is 17.9 Å². The van der Waals surface area contributed by atoms with Crippen molar-refractivity contribution in [2.24, 2.45) is 0 Å². The van der Waals surface area contributed by atoms with Crippen LogP contribution in [0.4, 0.5) is 4.79 Å². The summed E-state index contributed by atoms with van der Waals surface area (Å²) in [6.45, 7) is 2.62. The highest BCUT2D eigenvalue weighted by atomic mass is 16.5. The summed E-state index contributed by atoms with van der Waals surface area (Å²) in [5, 5.41) is 5.93. The van der Waals surface area contributed by atoms with E-state index in [4.69, 9.17) is 14.5 Å². The first-order valence-electron chi connectivity index (χ1n) is 22.9. The molecule has 2 atom stereocenters. The van der Waals surface area contributed by atoms with Gasteiger partial charge >= 0.3 is 6.09 Å². The number of nitrogens with zero attached hydrogens (tertiary/aromatic N) is 3. The van der Waals surface area contributed by atoms with Crippen LogP contribution in [0.3, 0.4) is 0 Å². The number of rotatable bonds is 20. The molecule has 0 radical (unpaired) electrons. The summed E-state index contributed by atoms with van der Waals surface area (Å²) in [4.78, 5) is 49.2. The Morgan fingerprint density at radius 1 is 0.618 bits per heavy atom. The second-order valence-corrected chi connectivity index (χ2v) is 16.8. The van der Waals surface area contributed by atoms with E-state index >= 15 is 4.79 Å². The minimum absolute atomic E-state index is 0.000366. The molecule has 1 heterocycles. The van der Waals surface area contributed by atoms with E-state index in [0.29, 0.717) is 24.6 Å². The first-order valence-corrected chi connectivity index (χ1v) is 22.9. The van der Waals surface area contributed by atoms with Crippen molar-refractivity contribution in [3.63, 3.8) is 0 Å². The van der Waals surface area contributed by atoms with E-state index < -0.39 is 23.6 Å². The third-order valence-corrected chi connectivity index (χ3v) is 12.0. The Balaban J connectivity index is 1.11. The fourth-order valence-electron chi connectivity index (χ4n) is 8.43. The predicted octanol–water partition coefficient (Wildman–Crippen LogP) is 10.1. The Bertz CT molecular complexity index is 2710. The maximum Gasteiger partial charge on any atom is 0.408 e. The molecule has 1 aromatic heterocycles. The number of aromatic nitrogens is 2. The second kappa shape index (κ2) is 22.8. The number of amides is 3. The molecule has 0 aliphatic rings. The van der Waals surface area contributed by atoms with Crippen LogP contribution in [0.15, 0.2) is 219 Å². The number of hydrogen-bond donors (Lipinski definition) is 2. The Labute approximate surface area is 398 Å². The number of imidazole rings is 1. The first-order chi connectivity index (χ1) is 33.3. The van der Waals surface area contributed by atoms with Crippen LogP contribution in [0.2, 0.25) is 0 Å². The van der Waals surface area contributed by atoms with E-state index in [2.05, 4.69) is 51.6 Å². The lowest BCUT2D eigenvalue weighted by atomic mass is 9.77. The SMILES string of the molecule is C[C@@H](CNC(=O)CN(Cc1ccc(OCc2ccccc2)cc1)C(=O)[C@H](Cc1cn(C(c2ccccc2)(c2ccccc2)c2ccccc2)cn1)NC(=O)OCc1ccccc1)c1ccccc1. The fourth-order valence-corrected chi connectivity index (χ4v) is 8.43. The summed E-state index contributed by atoms with van der Waals surface area (Å²) in [5.74, 6) is -0.118. The lowest BCUT2D eigenvalue weighted by molar-refractivity contribution is -0.138. The third kappa shape index (κ3) is 11.8. The van der Waals surface area contributed by atoms with Gasteiger partial charge in [0.05, 0.1) is 18.6 Å². The van der Waals surface area contributed by atoms with Crippen LogP contribution < -0.4 is 15.4 Å². The summed E-state index contributed by atoms with van der Waals surface area (Å²) in [5.41, 5.74) is 6.40. The monoisotopic (exact) mass is 901 g/mol. The largest absolute Gasteiger partial charge is 0.489 e. The van der Waals surface area contributed by atoms with Crippen molar-refractivity contribution in [3.8, 4) is 5.75 Å². The highest BCUT2D eigenvalue weighted by Crippen LogP contribution is 2.41. The van der Waals surface area contributed by atoms with E-state index in [-0.39, 0.29) is 37.9 Å². The Kier molecular flexibility index (Phi) is 15.5. The lowest BCUT2D eigenvalue weighted by Crippen LogP contribution is -2.52. The van der Waals surface area contributed by atoms with Crippen molar-refractivity contribution in [3.05, 3.63) is 263 Å². The summed E-state index contributed by atoms with van der Waals surface area (Å²) in [6.07, 6.45) is 2.93. The number of benzene rings is 7. The Morgan fingerprint density at radius 2 is 1.12 bits per heavy atom. The summed E-state index contributed by atoms with van der Waals surface area (Å²) in [7, 11) is 0. The van der Waals surface area contributed by atoms with Gasteiger partial charge in [0, 0.05) is 25.7 Å². The van der Waals surface area contributed by atoms with Crippen LogP contribution in [0.5, 0.6) is 5.75 Å². The molecule has 0 saturated carbocycles. The molecule has 68 heavy (non-hydrogen) atoms. The molecule has 0 fully saturated rings. The maximum atomic E-state index is 15.2. The van der Waals surface area contributed by atoms with Crippen molar-refractivity contribution in [1.29, 1.82) is 0 Å². The van der Waals surface area contributed by atoms with E-state index in [1.54, 1.807) is 6.33 Å². The van der Waals surface area contributed by atoms with Gasteiger partial charge < -0.3 is 29.6 Å². The predicted molar refractivity (Wildman–Crippen MR) is 265 cm³/mol. The molecular weight excluding hydrogens is 847 g/mol. The van der Waals surface area contributed by atoms with Gasteiger partial charge in [0.15, 0.2) is 0 Å². The Hall–Kier alpha value is -8.24. The number of hydrogen-bond acceptors (Lipinski definition) is 6. The van der Waals surface area contributed by atoms with E-state index in [0.717, 1.165) is 38.9 Å². The molecule has 3 amide bonds. The summed E-state index contributed by atoms with van der Waals surface area (Å²) >= 11 is 0. The summed E-state index contributed by atoms with van der Waals surface area (Å²) < 4.78 is 13.8. The Morgan fingerprint density at radius 3 is 1.66 bits per heavy atom. The molecule has 0 bridgehead atoms. The van der Waals surface area contributed by atoms with Gasteiger partial charge in [0.2, 0.25) is 11.8 Å². The molecule has 8 rings (SSSR count). The van der Waals surface area contributed by atoms with Crippen LogP contribution in [0.1, 0.15) is 57.5 Å². The van der Waals surface area contributed by atoms with Crippen LogP contribution in [-0.4, -0.2) is 51.5 Å². The van der Waals surface area contributed by atoms with Gasteiger partial charge in [-0.15, -0.1) is 0 Å². The molecule has 0 spiro atoms. The van der Waals surface area contributed by atoms with E-state index in [1.165, 1.54) is 4.90 Å². The average Bonchev–Trinajstić information content (AvgIpc) is 3.87. The van der Waals surface area contributed by atoms with Gasteiger partial charge in [0.1, 0.15) is 30.5 Å². The smallest absolute Gasteiger partial charge is 0.408 e. The zero-order valence-corrected chi connectivity index (χ0v) is 38.1. The molecule has 0 aliphatic carbocycles. The molecule has 2 N–H and O–H groups in total. The molecular formula is C58H55N5O5. The van der Waals surface area contributed by atoms with Crippen LogP contribution in [0.25, 0.3) is 0 Å². The van der Waals surface area contributed by atoms with E-state index in [1.807, 2.05) is 183 Å². The quantitative estimate of drug-likeness (QED) is 0.0737. The molecule has 7 aromatic carbocycles. The minimum Gasteiger partial charge on any atom is -0.489 e.